The molecule has 0 spiro atoms. The average molecular weight is 385 g/mol. The molecule has 1 aliphatic heterocycles. The highest BCUT2D eigenvalue weighted by atomic mass is 32.1. The number of piperidine rings is 1. The van der Waals surface area contributed by atoms with E-state index in [9.17, 15) is 9.59 Å². The van der Waals surface area contributed by atoms with Crippen molar-refractivity contribution >= 4 is 23.2 Å². The normalized spacial score (nSPS) is 19.7. The van der Waals surface area contributed by atoms with E-state index in [2.05, 4.69) is 20.9 Å². The van der Waals surface area contributed by atoms with Gasteiger partial charge < -0.3 is 15.2 Å². The van der Waals surface area contributed by atoms with E-state index >= 15 is 0 Å². The first-order valence-corrected chi connectivity index (χ1v) is 9.50. The molecule has 4 heterocycles. The summed E-state index contributed by atoms with van der Waals surface area (Å²) >= 11 is 1.55. The zero-order valence-electron chi connectivity index (χ0n) is 14.9. The second-order valence-corrected chi connectivity index (χ2v) is 7.54. The molecule has 0 bridgehead atoms. The highest BCUT2D eigenvalue weighted by molar-refractivity contribution is 7.10. The number of aromatic nitrogens is 3. The molecule has 9 heteroatoms. The van der Waals surface area contributed by atoms with Crippen LogP contribution in [0.3, 0.4) is 0 Å². The number of hydrogen-bond donors (Lipinski definition) is 2. The number of nitrogens with zero attached hydrogens (tertiary/aromatic N) is 3. The van der Waals surface area contributed by atoms with Gasteiger partial charge in [-0.15, -0.1) is 11.3 Å². The van der Waals surface area contributed by atoms with Gasteiger partial charge in [0.2, 0.25) is 5.91 Å². The number of rotatable bonds is 4. The molecule has 2 amide bonds. The molecule has 3 aromatic heterocycles. The minimum Gasteiger partial charge on any atom is -0.355 e. The third-order valence-electron chi connectivity index (χ3n) is 4.59. The number of carbonyl (C=O) groups excluding carboxylic acids is 2. The van der Waals surface area contributed by atoms with Gasteiger partial charge in [0.05, 0.1) is 23.3 Å². The molecule has 0 saturated carbocycles. The van der Waals surface area contributed by atoms with Crippen molar-refractivity contribution in [2.75, 3.05) is 0 Å². The largest absolute Gasteiger partial charge is 0.355 e. The van der Waals surface area contributed by atoms with E-state index in [1.165, 1.54) is 0 Å². The van der Waals surface area contributed by atoms with Crippen LogP contribution in [0.2, 0.25) is 0 Å². The topological polar surface area (TPSA) is 102 Å². The quantitative estimate of drug-likeness (QED) is 0.717. The number of thiophene rings is 1. The summed E-state index contributed by atoms with van der Waals surface area (Å²) in [6, 6.07) is 5.07. The molecule has 8 nitrogen and oxygen atoms in total. The van der Waals surface area contributed by atoms with Crippen LogP contribution in [0.15, 0.2) is 34.3 Å². The fourth-order valence-corrected chi connectivity index (χ4v) is 4.13. The van der Waals surface area contributed by atoms with E-state index in [0.29, 0.717) is 18.6 Å². The average Bonchev–Trinajstić information content (AvgIpc) is 3.37. The molecule has 27 heavy (non-hydrogen) atoms. The Morgan fingerprint density at radius 3 is 3.04 bits per heavy atom. The summed E-state index contributed by atoms with van der Waals surface area (Å²) in [5.74, 6) is 0.168. The van der Waals surface area contributed by atoms with Crippen LogP contribution < -0.4 is 10.6 Å². The highest BCUT2D eigenvalue weighted by Crippen LogP contribution is 2.28. The predicted octanol–water partition coefficient (Wildman–Crippen LogP) is 2.19. The van der Waals surface area contributed by atoms with Crippen molar-refractivity contribution < 1.29 is 14.1 Å². The summed E-state index contributed by atoms with van der Waals surface area (Å²) in [5, 5.41) is 16.1. The standard InChI is InChI=1S/C18H19N5O3S/c1-10-11(9-23(2)21-10)14-8-13(22-26-14)18(25)19-12-5-6-16(24)20-17(12)15-4-3-7-27-15/h3-4,7-9,12,17H,5-6H2,1-2H3,(H,19,25)(H,20,24)/t12-,17-/m1/s1. The lowest BCUT2D eigenvalue weighted by Crippen LogP contribution is -2.49. The van der Waals surface area contributed by atoms with Crippen molar-refractivity contribution in [2.24, 2.45) is 7.05 Å². The molecule has 1 fully saturated rings. The van der Waals surface area contributed by atoms with Gasteiger partial charge in [0.1, 0.15) is 0 Å². The number of hydrogen-bond acceptors (Lipinski definition) is 6. The van der Waals surface area contributed by atoms with Gasteiger partial charge >= 0.3 is 0 Å². The Hall–Kier alpha value is -2.94. The van der Waals surface area contributed by atoms with E-state index in [4.69, 9.17) is 4.52 Å². The minimum atomic E-state index is -0.325. The summed E-state index contributed by atoms with van der Waals surface area (Å²) in [5.41, 5.74) is 1.80. The van der Waals surface area contributed by atoms with Crippen LogP contribution >= 0.6 is 11.3 Å². The number of carbonyl (C=O) groups is 2. The number of aryl methyl sites for hydroxylation is 2. The van der Waals surface area contributed by atoms with Crippen LogP contribution in [0.4, 0.5) is 0 Å². The fourth-order valence-electron chi connectivity index (χ4n) is 3.29. The van der Waals surface area contributed by atoms with Crippen LogP contribution in [0.25, 0.3) is 11.3 Å². The summed E-state index contributed by atoms with van der Waals surface area (Å²) in [7, 11) is 1.82. The van der Waals surface area contributed by atoms with E-state index < -0.39 is 0 Å². The first-order valence-electron chi connectivity index (χ1n) is 8.62. The van der Waals surface area contributed by atoms with Crippen molar-refractivity contribution in [1.82, 2.24) is 25.6 Å². The summed E-state index contributed by atoms with van der Waals surface area (Å²) < 4.78 is 7.02. The van der Waals surface area contributed by atoms with Crippen LogP contribution in [-0.4, -0.2) is 32.8 Å². The molecule has 3 aromatic rings. The van der Waals surface area contributed by atoms with Gasteiger partial charge in [0.25, 0.3) is 5.91 Å². The summed E-state index contributed by atoms with van der Waals surface area (Å²) in [4.78, 5) is 25.5. The molecule has 2 atom stereocenters. The highest BCUT2D eigenvalue weighted by Gasteiger charge is 2.32. The van der Waals surface area contributed by atoms with Gasteiger partial charge in [-0.3, -0.25) is 14.3 Å². The van der Waals surface area contributed by atoms with Gasteiger partial charge in [-0.1, -0.05) is 11.2 Å². The molecule has 0 radical (unpaired) electrons. The SMILES string of the molecule is Cc1nn(C)cc1-c1cc(C(=O)N[C@@H]2CCC(=O)N[C@H]2c2cccs2)no1. The second-order valence-electron chi connectivity index (χ2n) is 6.56. The fraction of sp³-hybridized carbons (Fsp3) is 0.333. The predicted molar refractivity (Wildman–Crippen MR) is 99.1 cm³/mol. The van der Waals surface area contributed by atoms with Crippen molar-refractivity contribution in [3.63, 3.8) is 0 Å². The van der Waals surface area contributed by atoms with E-state index in [0.717, 1.165) is 16.1 Å². The second kappa shape index (κ2) is 6.99. The lowest BCUT2D eigenvalue weighted by atomic mass is 9.96. The monoisotopic (exact) mass is 385 g/mol. The van der Waals surface area contributed by atoms with E-state index in [1.54, 1.807) is 22.1 Å². The van der Waals surface area contributed by atoms with Gasteiger partial charge in [-0.2, -0.15) is 5.10 Å². The van der Waals surface area contributed by atoms with Crippen LogP contribution in [0.1, 0.15) is 39.9 Å². The van der Waals surface area contributed by atoms with Gasteiger partial charge in [0, 0.05) is 30.6 Å². The minimum absolute atomic E-state index is 0.00493. The Bertz CT molecular complexity index is 975. The maximum Gasteiger partial charge on any atom is 0.273 e. The molecule has 2 N–H and O–H groups in total. The maximum atomic E-state index is 12.7. The molecule has 1 aliphatic rings. The summed E-state index contributed by atoms with van der Waals surface area (Å²) in [6.45, 7) is 1.87. The first kappa shape index (κ1) is 17.5. The molecule has 0 aliphatic carbocycles. The van der Waals surface area contributed by atoms with Crippen molar-refractivity contribution in [3.05, 3.63) is 46.0 Å². The molecule has 140 valence electrons. The molecule has 4 rings (SSSR count). The Morgan fingerprint density at radius 2 is 2.33 bits per heavy atom. The third kappa shape index (κ3) is 3.50. The lowest BCUT2D eigenvalue weighted by molar-refractivity contribution is -0.123. The van der Waals surface area contributed by atoms with Gasteiger partial charge in [0.15, 0.2) is 11.5 Å². The van der Waals surface area contributed by atoms with Crippen molar-refractivity contribution in [1.29, 1.82) is 0 Å². The van der Waals surface area contributed by atoms with Crippen LogP contribution in [0, 0.1) is 6.92 Å². The molecular weight excluding hydrogens is 366 g/mol. The molecule has 0 aromatic carbocycles. The maximum absolute atomic E-state index is 12.7. The molecular formula is C18H19N5O3S. The zero-order chi connectivity index (χ0) is 19.0. The Balaban J connectivity index is 1.51. The summed E-state index contributed by atoms with van der Waals surface area (Å²) in [6.07, 6.45) is 2.78. The zero-order valence-corrected chi connectivity index (χ0v) is 15.7. The Kier molecular flexibility index (Phi) is 4.53. The van der Waals surface area contributed by atoms with Gasteiger partial charge in [-0.25, -0.2) is 0 Å². The van der Waals surface area contributed by atoms with Crippen molar-refractivity contribution in [3.8, 4) is 11.3 Å². The van der Waals surface area contributed by atoms with Crippen LogP contribution in [-0.2, 0) is 11.8 Å². The Morgan fingerprint density at radius 1 is 1.48 bits per heavy atom. The smallest absolute Gasteiger partial charge is 0.273 e. The van der Waals surface area contributed by atoms with Crippen LogP contribution in [0.5, 0.6) is 0 Å². The molecule has 0 unspecified atom stereocenters. The molecule has 1 saturated heterocycles. The lowest BCUT2D eigenvalue weighted by Gasteiger charge is -2.32. The van der Waals surface area contributed by atoms with Gasteiger partial charge in [-0.05, 0) is 24.8 Å². The van der Waals surface area contributed by atoms with E-state index in [-0.39, 0.29) is 29.6 Å². The van der Waals surface area contributed by atoms with E-state index in [1.807, 2.05) is 37.7 Å². The number of nitrogens with one attached hydrogen (secondary N) is 2. The Labute approximate surface area is 159 Å². The number of amides is 2. The third-order valence-corrected chi connectivity index (χ3v) is 5.54. The first-order chi connectivity index (χ1) is 13.0. The van der Waals surface area contributed by atoms with Crippen molar-refractivity contribution in [2.45, 2.75) is 31.8 Å².